The minimum absolute atomic E-state index is 0.275. The van der Waals surface area contributed by atoms with Crippen LogP contribution < -0.4 is 4.74 Å². The number of ether oxygens (including phenoxy) is 2. The Morgan fingerprint density at radius 3 is 2.43 bits per heavy atom. The quantitative estimate of drug-likeness (QED) is 0.504. The summed E-state index contributed by atoms with van der Waals surface area (Å²) in [4.78, 5) is 31.2. The number of likely N-dealkylation sites (N-methyl/N-ethyl adjacent to an activating group) is 1. The molecule has 0 bridgehead atoms. The second-order valence-electron chi connectivity index (χ2n) is 6.70. The van der Waals surface area contributed by atoms with Gasteiger partial charge in [0, 0.05) is 19.2 Å². The van der Waals surface area contributed by atoms with Gasteiger partial charge >= 0.3 is 5.97 Å². The van der Waals surface area contributed by atoms with Crippen molar-refractivity contribution in [2.75, 3.05) is 20.3 Å². The summed E-state index contributed by atoms with van der Waals surface area (Å²) in [5, 5.41) is 0.749. The largest absolute Gasteiger partial charge is 0.494 e. The van der Waals surface area contributed by atoms with E-state index in [1.165, 1.54) is 16.2 Å². The molecule has 2 aromatic carbocycles. The van der Waals surface area contributed by atoms with Crippen molar-refractivity contribution in [2.45, 2.75) is 20.4 Å². The lowest BCUT2D eigenvalue weighted by Gasteiger charge is -2.17. The highest BCUT2D eigenvalue weighted by Gasteiger charge is 2.19. The molecule has 1 heterocycles. The average Bonchev–Trinajstić information content (AvgIpc) is 3.15. The van der Waals surface area contributed by atoms with Crippen molar-refractivity contribution < 1.29 is 19.1 Å². The smallest absolute Gasteiger partial charge is 0.350 e. The van der Waals surface area contributed by atoms with Gasteiger partial charge in [0.2, 0.25) is 0 Å². The SMILES string of the molecule is CCOc1ccc(CN(C)C(=O)COC(=O)c2sc(-c3ccccc3)nc2C)cc1. The predicted octanol–water partition coefficient (Wildman–Crippen LogP) is 4.33. The maximum Gasteiger partial charge on any atom is 0.350 e. The molecule has 1 amide bonds. The van der Waals surface area contributed by atoms with E-state index in [1.54, 1.807) is 14.0 Å². The number of amides is 1. The maximum atomic E-state index is 12.5. The van der Waals surface area contributed by atoms with Crippen LogP contribution in [0.3, 0.4) is 0 Å². The van der Waals surface area contributed by atoms with E-state index >= 15 is 0 Å². The Kier molecular flexibility index (Phi) is 7.19. The molecule has 0 saturated carbocycles. The van der Waals surface area contributed by atoms with E-state index in [4.69, 9.17) is 9.47 Å². The Balaban J connectivity index is 1.55. The van der Waals surface area contributed by atoms with Crippen LogP contribution in [0.2, 0.25) is 0 Å². The number of esters is 1. The second-order valence-corrected chi connectivity index (χ2v) is 7.70. The van der Waals surface area contributed by atoms with Gasteiger partial charge in [-0.3, -0.25) is 4.79 Å². The summed E-state index contributed by atoms with van der Waals surface area (Å²) in [7, 11) is 1.68. The molecule has 0 aliphatic rings. The lowest BCUT2D eigenvalue weighted by Crippen LogP contribution is -2.30. The first-order valence-electron chi connectivity index (χ1n) is 9.63. The van der Waals surface area contributed by atoms with Crippen molar-refractivity contribution in [2.24, 2.45) is 0 Å². The molecule has 30 heavy (non-hydrogen) atoms. The Bertz CT molecular complexity index is 1000. The van der Waals surface area contributed by atoms with Gasteiger partial charge in [-0.15, -0.1) is 11.3 Å². The molecule has 1 aromatic heterocycles. The first kappa shape index (κ1) is 21.5. The van der Waals surface area contributed by atoms with E-state index in [1.807, 2.05) is 61.5 Å². The molecule has 6 nitrogen and oxygen atoms in total. The number of hydrogen-bond acceptors (Lipinski definition) is 6. The average molecular weight is 425 g/mol. The van der Waals surface area contributed by atoms with Gasteiger partial charge in [-0.2, -0.15) is 0 Å². The first-order valence-corrected chi connectivity index (χ1v) is 10.4. The minimum atomic E-state index is -0.532. The van der Waals surface area contributed by atoms with Crippen LogP contribution in [-0.4, -0.2) is 42.0 Å². The lowest BCUT2D eigenvalue weighted by molar-refractivity contribution is -0.133. The molecule has 7 heteroatoms. The van der Waals surface area contributed by atoms with Crippen molar-refractivity contribution in [3.05, 3.63) is 70.7 Å². The van der Waals surface area contributed by atoms with Crippen LogP contribution in [0.25, 0.3) is 10.6 Å². The topological polar surface area (TPSA) is 68.7 Å². The third-order valence-electron chi connectivity index (χ3n) is 4.41. The summed E-state index contributed by atoms with van der Waals surface area (Å²) in [5.74, 6) is -0.0170. The first-order chi connectivity index (χ1) is 14.5. The highest BCUT2D eigenvalue weighted by molar-refractivity contribution is 7.17. The zero-order valence-electron chi connectivity index (χ0n) is 17.3. The summed E-state index contributed by atoms with van der Waals surface area (Å²) in [6.07, 6.45) is 0. The molecule has 0 atom stereocenters. The van der Waals surface area contributed by atoms with Gasteiger partial charge in [0.05, 0.1) is 12.3 Å². The molecule has 0 N–H and O–H groups in total. The predicted molar refractivity (Wildman–Crippen MR) is 117 cm³/mol. The van der Waals surface area contributed by atoms with Crippen LogP contribution in [-0.2, 0) is 16.1 Å². The highest BCUT2D eigenvalue weighted by atomic mass is 32.1. The fourth-order valence-electron chi connectivity index (χ4n) is 2.81. The maximum absolute atomic E-state index is 12.5. The van der Waals surface area contributed by atoms with E-state index in [0.717, 1.165) is 21.9 Å². The molecule has 0 aliphatic carbocycles. The standard InChI is InChI=1S/C23H24N2O4S/c1-4-28-19-12-10-17(11-13-19)14-25(3)20(26)15-29-23(27)21-16(2)24-22(30-21)18-8-6-5-7-9-18/h5-13H,4,14-15H2,1-3H3. The molecule has 0 unspecified atom stereocenters. The van der Waals surface area contributed by atoms with Gasteiger partial charge in [-0.25, -0.2) is 9.78 Å². The Morgan fingerprint density at radius 2 is 1.77 bits per heavy atom. The van der Waals surface area contributed by atoms with E-state index in [9.17, 15) is 9.59 Å². The van der Waals surface area contributed by atoms with E-state index in [0.29, 0.717) is 23.7 Å². The van der Waals surface area contributed by atoms with Crippen LogP contribution in [0.5, 0.6) is 5.75 Å². The van der Waals surface area contributed by atoms with Crippen molar-refractivity contribution in [1.82, 2.24) is 9.88 Å². The van der Waals surface area contributed by atoms with Crippen molar-refractivity contribution in [3.63, 3.8) is 0 Å². The number of rotatable bonds is 8. The monoisotopic (exact) mass is 424 g/mol. The van der Waals surface area contributed by atoms with Gasteiger partial charge in [0.1, 0.15) is 15.6 Å². The Labute approximate surface area is 180 Å². The Hall–Kier alpha value is -3.19. The van der Waals surface area contributed by atoms with Crippen molar-refractivity contribution >= 4 is 23.2 Å². The fraction of sp³-hybridized carbons (Fsp3) is 0.261. The van der Waals surface area contributed by atoms with E-state index in [-0.39, 0.29) is 12.5 Å². The molecule has 0 spiro atoms. The number of benzene rings is 2. The van der Waals surface area contributed by atoms with Crippen LogP contribution in [0.15, 0.2) is 54.6 Å². The number of carbonyl (C=O) groups excluding carboxylic acids is 2. The zero-order valence-corrected chi connectivity index (χ0v) is 18.1. The van der Waals surface area contributed by atoms with Gasteiger partial charge in [0.15, 0.2) is 6.61 Å². The van der Waals surface area contributed by atoms with Gasteiger partial charge in [-0.05, 0) is 31.5 Å². The lowest BCUT2D eigenvalue weighted by atomic mass is 10.2. The summed E-state index contributed by atoms with van der Waals surface area (Å²) >= 11 is 1.27. The summed E-state index contributed by atoms with van der Waals surface area (Å²) < 4.78 is 10.7. The number of aryl methyl sites for hydroxylation is 1. The minimum Gasteiger partial charge on any atom is -0.494 e. The Morgan fingerprint density at radius 1 is 1.07 bits per heavy atom. The van der Waals surface area contributed by atoms with Crippen LogP contribution in [0.4, 0.5) is 0 Å². The number of hydrogen-bond donors (Lipinski definition) is 0. The van der Waals surface area contributed by atoms with Crippen LogP contribution in [0, 0.1) is 6.92 Å². The second kappa shape index (κ2) is 10.0. The number of nitrogens with zero attached hydrogens (tertiary/aromatic N) is 2. The van der Waals surface area contributed by atoms with Crippen LogP contribution in [0.1, 0.15) is 27.9 Å². The highest BCUT2D eigenvalue weighted by Crippen LogP contribution is 2.28. The summed E-state index contributed by atoms with van der Waals surface area (Å²) in [6, 6.07) is 17.2. The number of thiazole rings is 1. The molecule has 0 fully saturated rings. The van der Waals surface area contributed by atoms with Gasteiger partial charge < -0.3 is 14.4 Å². The summed E-state index contributed by atoms with van der Waals surface area (Å²) in [5.41, 5.74) is 2.50. The molecule has 0 radical (unpaired) electrons. The van der Waals surface area contributed by atoms with Gasteiger partial charge in [0.25, 0.3) is 5.91 Å². The third-order valence-corrected chi connectivity index (χ3v) is 5.60. The molecule has 0 saturated heterocycles. The molecule has 3 aromatic rings. The van der Waals surface area contributed by atoms with Crippen molar-refractivity contribution in [3.8, 4) is 16.3 Å². The van der Waals surface area contributed by atoms with Gasteiger partial charge in [-0.1, -0.05) is 42.5 Å². The number of carbonyl (C=O) groups is 2. The zero-order chi connectivity index (χ0) is 21.5. The molecule has 156 valence electrons. The molecular weight excluding hydrogens is 400 g/mol. The normalized spacial score (nSPS) is 10.5. The molecule has 0 aliphatic heterocycles. The van der Waals surface area contributed by atoms with E-state index in [2.05, 4.69) is 4.98 Å². The molecule has 3 rings (SSSR count). The van der Waals surface area contributed by atoms with Crippen LogP contribution >= 0.6 is 11.3 Å². The van der Waals surface area contributed by atoms with Crippen molar-refractivity contribution in [1.29, 1.82) is 0 Å². The van der Waals surface area contributed by atoms with E-state index < -0.39 is 5.97 Å². The number of aromatic nitrogens is 1. The summed E-state index contributed by atoms with van der Waals surface area (Å²) in [6.45, 7) is 4.40. The molecular formula is C23H24N2O4S. The third kappa shape index (κ3) is 5.45. The fourth-order valence-corrected chi connectivity index (χ4v) is 3.78.